The van der Waals surface area contributed by atoms with E-state index in [1.54, 1.807) is 18.3 Å². The van der Waals surface area contributed by atoms with Crippen molar-refractivity contribution in [2.75, 3.05) is 13.7 Å². The number of nitrogens with one attached hydrogen (secondary N) is 1. The van der Waals surface area contributed by atoms with E-state index in [0.717, 1.165) is 22.7 Å². The molecule has 1 N–H and O–H groups in total. The molecule has 0 bridgehead atoms. The summed E-state index contributed by atoms with van der Waals surface area (Å²) in [5.41, 5.74) is 2.29. The van der Waals surface area contributed by atoms with Gasteiger partial charge in [-0.1, -0.05) is 49.4 Å². The number of hydrogen-bond acceptors (Lipinski definition) is 6. The summed E-state index contributed by atoms with van der Waals surface area (Å²) in [6.45, 7) is 4.51. The fourth-order valence-corrected chi connectivity index (χ4v) is 3.67. The fourth-order valence-electron chi connectivity index (χ4n) is 2.84. The third kappa shape index (κ3) is 5.43. The molecule has 0 aliphatic heterocycles. The Morgan fingerprint density at radius 1 is 1.14 bits per heavy atom. The number of carbonyl (C=O) groups is 1. The topological polar surface area (TPSA) is 60.5 Å². The summed E-state index contributed by atoms with van der Waals surface area (Å²) < 4.78 is 10.8. The highest BCUT2D eigenvalue weighted by Gasteiger charge is 2.35. The Morgan fingerprint density at radius 2 is 1.86 bits per heavy atom. The standard InChI is InChI=1S/C23H26N2O3S/c1-4-17-10-12-18(13-11-17)21-25-19(15-29-21)14-24-23(2,22(26)27-3)16-28-20-8-6-5-7-9-20/h5-13,15,24H,4,14,16H2,1-3H3. The number of para-hydroxylation sites is 1. The molecular formula is C23H26N2O3S. The molecule has 1 heterocycles. The van der Waals surface area contributed by atoms with Crippen molar-refractivity contribution in [1.29, 1.82) is 0 Å². The number of methoxy groups -OCH3 is 1. The van der Waals surface area contributed by atoms with Crippen LogP contribution in [-0.4, -0.2) is 30.2 Å². The smallest absolute Gasteiger partial charge is 0.329 e. The highest BCUT2D eigenvalue weighted by Crippen LogP contribution is 2.24. The van der Waals surface area contributed by atoms with Crippen LogP contribution in [0.15, 0.2) is 60.0 Å². The van der Waals surface area contributed by atoms with Crippen molar-refractivity contribution in [1.82, 2.24) is 10.3 Å². The van der Waals surface area contributed by atoms with Gasteiger partial charge >= 0.3 is 5.97 Å². The first-order valence-electron chi connectivity index (χ1n) is 9.59. The van der Waals surface area contributed by atoms with E-state index in [2.05, 4.69) is 36.5 Å². The van der Waals surface area contributed by atoms with Crippen LogP contribution in [0.5, 0.6) is 5.75 Å². The number of carbonyl (C=O) groups excluding carboxylic acids is 1. The zero-order chi connectivity index (χ0) is 20.7. The maximum absolute atomic E-state index is 12.4. The van der Waals surface area contributed by atoms with Gasteiger partial charge in [0.15, 0.2) is 0 Å². The number of esters is 1. The zero-order valence-corrected chi connectivity index (χ0v) is 17.8. The summed E-state index contributed by atoms with van der Waals surface area (Å²) in [7, 11) is 1.38. The Morgan fingerprint density at radius 3 is 2.52 bits per heavy atom. The van der Waals surface area contributed by atoms with Gasteiger partial charge in [0.1, 0.15) is 22.9 Å². The number of ether oxygens (including phenoxy) is 2. The van der Waals surface area contributed by atoms with E-state index in [1.807, 2.05) is 35.7 Å². The normalized spacial score (nSPS) is 12.9. The molecule has 0 aliphatic carbocycles. The van der Waals surface area contributed by atoms with Crippen LogP contribution in [0.4, 0.5) is 0 Å². The van der Waals surface area contributed by atoms with Crippen LogP contribution >= 0.6 is 11.3 Å². The zero-order valence-electron chi connectivity index (χ0n) is 17.0. The summed E-state index contributed by atoms with van der Waals surface area (Å²) >= 11 is 1.59. The quantitative estimate of drug-likeness (QED) is 0.527. The molecule has 0 saturated carbocycles. The second-order valence-electron chi connectivity index (χ2n) is 6.97. The van der Waals surface area contributed by atoms with Crippen LogP contribution in [0.2, 0.25) is 0 Å². The number of aromatic nitrogens is 1. The third-order valence-corrected chi connectivity index (χ3v) is 5.67. The van der Waals surface area contributed by atoms with Gasteiger partial charge in [0.25, 0.3) is 0 Å². The van der Waals surface area contributed by atoms with Gasteiger partial charge in [-0.15, -0.1) is 11.3 Å². The largest absolute Gasteiger partial charge is 0.491 e. The SMILES string of the molecule is CCc1ccc(-c2nc(CNC(C)(COc3ccccc3)C(=O)OC)cs2)cc1. The molecule has 6 heteroatoms. The van der Waals surface area contributed by atoms with Gasteiger partial charge in [-0.05, 0) is 31.0 Å². The van der Waals surface area contributed by atoms with Gasteiger partial charge < -0.3 is 9.47 Å². The third-order valence-electron chi connectivity index (χ3n) is 4.73. The molecule has 0 aliphatic rings. The highest BCUT2D eigenvalue weighted by molar-refractivity contribution is 7.13. The van der Waals surface area contributed by atoms with Crippen molar-refractivity contribution in [3.8, 4) is 16.3 Å². The van der Waals surface area contributed by atoms with Gasteiger partial charge in [-0.25, -0.2) is 9.78 Å². The average molecular weight is 411 g/mol. The molecule has 152 valence electrons. The molecule has 0 spiro atoms. The van der Waals surface area contributed by atoms with Gasteiger partial charge in [0, 0.05) is 17.5 Å². The Labute approximate surface area is 175 Å². The van der Waals surface area contributed by atoms with Crippen molar-refractivity contribution in [3.63, 3.8) is 0 Å². The van der Waals surface area contributed by atoms with Crippen LogP contribution in [-0.2, 0) is 22.5 Å². The summed E-state index contributed by atoms with van der Waals surface area (Å²) in [5.74, 6) is 0.329. The molecule has 5 nitrogen and oxygen atoms in total. The lowest BCUT2D eigenvalue weighted by Gasteiger charge is -2.27. The molecule has 3 rings (SSSR count). The van der Waals surface area contributed by atoms with E-state index in [9.17, 15) is 4.79 Å². The first-order valence-corrected chi connectivity index (χ1v) is 10.5. The Bertz CT molecular complexity index is 925. The lowest BCUT2D eigenvalue weighted by atomic mass is 10.0. The van der Waals surface area contributed by atoms with E-state index >= 15 is 0 Å². The van der Waals surface area contributed by atoms with E-state index in [-0.39, 0.29) is 12.6 Å². The van der Waals surface area contributed by atoms with Crippen molar-refractivity contribution in [2.45, 2.75) is 32.4 Å². The van der Waals surface area contributed by atoms with E-state index in [0.29, 0.717) is 12.3 Å². The Kier molecular flexibility index (Phi) is 7.01. The molecule has 1 unspecified atom stereocenters. The van der Waals surface area contributed by atoms with Crippen LogP contribution in [0.1, 0.15) is 25.1 Å². The lowest BCUT2D eigenvalue weighted by molar-refractivity contribution is -0.149. The predicted molar refractivity (Wildman–Crippen MR) is 116 cm³/mol. The van der Waals surface area contributed by atoms with Crippen molar-refractivity contribution in [2.24, 2.45) is 0 Å². The molecule has 0 fully saturated rings. The predicted octanol–water partition coefficient (Wildman–Crippen LogP) is 4.47. The van der Waals surface area contributed by atoms with Gasteiger partial charge in [0.05, 0.1) is 12.8 Å². The summed E-state index contributed by atoms with van der Waals surface area (Å²) in [5, 5.41) is 6.23. The van der Waals surface area contributed by atoms with E-state index in [4.69, 9.17) is 14.5 Å². The maximum atomic E-state index is 12.4. The number of aryl methyl sites for hydroxylation is 1. The number of benzene rings is 2. The fraction of sp³-hybridized carbons (Fsp3) is 0.304. The van der Waals surface area contributed by atoms with Crippen molar-refractivity contribution in [3.05, 3.63) is 71.2 Å². The molecule has 29 heavy (non-hydrogen) atoms. The van der Waals surface area contributed by atoms with Gasteiger partial charge in [0.2, 0.25) is 0 Å². The summed E-state index contributed by atoms with van der Waals surface area (Å²) in [6.07, 6.45) is 1.02. The number of nitrogens with zero attached hydrogens (tertiary/aromatic N) is 1. The second-order valence-corrected chi connectivity index (χ2v) is 7.83. The van der Waals surface area contributed by atoms with E-state index in [1.165, 1.54) is 12.7 Å². The lowest BCUT2D eigenvalue weighted by Crippen LogP contribution is -2.54. The Balaban J connectivity index is 1.66. The van der Waals surface area contributed by atoms with Crippen LogP contribution in [0.3, 0.4) is 0 Å². The Hall–Kier alpha value is -2.70. The maximum Gasteiger partial charge on any atom is 0.329 e. The minimum absolute atomic E-state index is 0.152. The van der Waals surface area contributed by atoms with Gasteiger partial charge in [-0.3, -0.25) is 5.32 Å². The molecule has 2 aromatic carbocycles. The minimum atomic E-state index is -0.989. The molecular weight excluding hydrogens is 384 g/mol. The van der Waals surface area contributed by atoms with Crippen molar-refractivity contribution >= 4 is 17.3 Å². The highest BCUT2D eigenvalue weighted by atomic mass is 32.1. The van der Waals surface area contributed by atoms with Crippen molar-refractivity contribution < 1.29 is 14.3 Å². The molecule has 0 radical (unpaired) electrons. The molecule has 3 aromatic rings. The second kappa shape index (κ2) is 9.67. The molecule has 1 atom stereocenters. The number of thiazole rings is 1. The molecule has 0 saturated heterocycles. The summed E-state index contributed by atoms with van der Waals surface area (Å²) in [4.78, 5) is 17.1. The molecule has 1 aromatic heterocycles. The summed E-state index contributed by atoms with van der Waals surface area (Å²) in [6, 6.07) is 17.9. The van der Waals surface area contributed by atoms with Crippen LogP contribution < -0.4 is 10.1 Å². The van der Waals surface area contributed by atoms with E-state index < -0.39 is 5.54 Å². The monoisotopic (exact) mass is 410 g/mol. The average Bonchev–Trinajstić information content (AvgIpc) is 3.25. The number of hydrogen-bond donors (Lipinski definition) is 1. The minimum Gasteiger partial charge on any atom is -0.491 e. The molecule has 0 amide bonds. The van der Waals surface area contributed by atoms with Crippen LogP contribution in [0.25, 0.3) is 10.6 Å². The van der Waals surface area contributed by atoms with Gasteiger partial charge in [-0.2, -0.15) is 0 Å². The van der Waals surface area contributed by atoms with Crippen LogP contribution in [0, 0.1) is 0 Å². The number of rotatable bonds is 9. The first kappa shape index (κ1) is 21.0. The first-order chi connectivity index (χ1) is 14.0.